The topological polar surface area (TPSA) is 41.1 Å². The molecule has 2 aromatic carbocycles. The molecule has 1 unspecified atom stereocenters. The van der Waals surface area contributed by atoms with Gasteiger partial charge in [0, 0.05) is 5.54 Å². The molecule has 1 atom stereocenters. The van der Waals surface area contributed by atoms with Crippen LogP contribution in [0.1, 0.15) is 37.9 Å². The van der Waals surface area contributed by atoms with Crippen LogP contribution in [0.3, 0.4) is 0 Å². The summed E-state index contributed by atoms with van der Waals surface area (Å²) < 4.78 is 13.0. The first-order valence-electron chi connectivity index (χ1n) is 7.94. The van der Waals surface area contributed by atoms with Crippen LogP contribution in [0, 0.1) is 5.82 Å². The molecule has 0 spiro atoms. The van der Waals surface area contributed by atoms with E-state index in [-0.39, 0.29) is 24.3 Å². The van der Waals surface area contributed by atoms with Crippen molar-refractivity contribution >= 4 is 29.1 Å². The molecule has 0 radical (unpaired) electrons. The first kappa shape index (κ1) is 19.7. The number of halogens is 3. The summed E-state index contributed by atoms with van der Waals surface area (Å²) in [6, 6.07) is 11.3. The van der Waals surface area contributed by atoms with Gasteiger partial charge < -0.3 is 5.32 Å². The van der Waals surface area contributed by atoms with Crippen molar-refractivity contribution in [2.75, 3.05) is 6.54 Å². The monoisotopic (exact) mass is 382 g/mol. The van der Waals surface area contributed by atoms with E-state index in [9.17, 15) is 9.18 Å². The van der Waals surface area contributed by atoms with E-state index in [1.54, 1.807) is 24.3 Å². The summed E-state index contributed by atoms with van der Waals surface area (Å²) in [6.45, 7) is 5.92. The third-order valence-electron chi connectivity index (χ3n) is 4.08. The van der Waals surface area contributed by atoms with Crippen molar-refractivity contribution in [1.82, 2.24) is 10.6 Å². The third-order valence-corrected chi connectivity index (χ3v) is 4.82. The molecular formula is C19H21Cl2FN2O. The van der Waals surface area contributed by atoms with Gasteiger partial charge in [-0.15, -0.1) is 0 Å². The van der Waals surface area contributed by atoms with Crippen LogP contribution in [0.25, 0.3) is 0 Å². The number of hydrogen-bond acceptors (Lipinski definition) is 2. The summed E-state index contributed by atoms with van der Waals surface area (Å²) in [6.07, 6.45) is 0. The van der Waals surface area contributed by atoms with Gasteiger partial charge in [-0.05, 0) is 56.2 Å². The molecule has 0 aliphatic heterocycles. The van der Waals surface area contributed by atoms with E-state index >= 15 is 0 Å². The molecule has 25 heavy (non-hydrogen) atoms. The fourth-order valence-corrected chi connectivity index (χ4v) is 2.71. The summed E-state index contributed by atoms with van der Waals surface area (Å²) in [4.78, 5) is 12.2. The Morgan fingerprint density at radius 2 is 1.76 bits per heavy atom. The Balaban J connectivity index is 1.93. The van der Waals surface area contributed by atoms with Gasteiger partial charge in [0.05, 0.1) is 22.6 Å². The maximum absolute atomic E-state index is 13.0. The van der Waals surface area contributed by atoms with E-state index in [4.69, 9.17) is 23.2 Å². The quantitative estimate of drug-likeness (QED) is 0.750. The number of nitrogens with one attached hydrogen (secondary N) is 2. The fraction of sp³-hybridized carbons (Fsp3) is 0.316. The summed E-state index contributed by atoms with van der Waals surface area (Å²) in [5.74, 6) is -0.447. The average molecular weight is 383 g/mol. The minimum absolute atomic E-state index is 0.138. The summed E-state index contributed by atoms with van der Waals surface area (Å²) in [5, 5.41) is 7.07. The molecule has 2 aromatic rings. The van der Waals surface area contributed by atoms with Crippen LogP contribution in [0.2, 0.25) is 10.0 Å². The van der Waals surface area contributed by atoms with E-state index < -0.39 is 5.54 Å². The van der Waals surface area contributed by atoms with E-state index in [0.29, 0.717) is 10.0 Å². The molecular weight excluding hydrogens is 362 g/mol. The Bertz CT molecular complexity index is 748. The van der Waals surface area contributed by atoms with Crippen molar-refractivity contribution in [3.63, 3.8) is 0 Å². The second-order valence-electron chi connectivity index (χ2n) is 6.45. The normalized spacial score (nSPS) is 12.7. The van der Waals surface area contributed by atoms with Crippen molar-refractivity contribution in [3.8, 4) is 0 Å². The van der Waals surface area contributed by atoms with Gasteiger partial charge in [0.2, 0.25) is 5.91 Å². The highest BCUT2D eigenvalue weighted by atomic mass is 35.5. The molecule has 0 aliphatic carbocycles. The predicted molar refractivity (Wildman–Crippen MR) is 100 cm³/mol. The Morgan fingerprint density at radius 1 is 1.12 bits per heavy atom. The molecule has 3 nitrogen and oxygen atoms in total. The molecule has 0 saturated carbocycles. The number of carbonyl (C=O) groups excluding carboxylic acids is 1. The zero-order valence-electron chi connectivity index (χ0n) is 14.4. The highest BCUT2D eigenvalue weighted by Gasteiger charge is 2.22. The number of benzene rings is 2. The lowest BCUT2D eigenvalue weighted by atomic mass is 9.94. The molecule has 0 aliphatic rings. The second-order valence-corrected chi connectivity index (χ2v) is 7.26. The average Bonchev–Trinajstić information content (AvgIpc) is 2.56. The SMILES string of the molecule is CC(NC(=O)CNC(C)(C)c1ccc(Cl)c(Cl)c1)c1ccc(F)cc1. The van der Waals surface area contributed by atoms with E-state index in [1.807, 2.05) is 26.8 Å². The van der Waals surface area contributed by atoms with Gasteiger partial charge in [0.15, 0.2) is 0 Å². The van der Waals surface area contributed by atoms with E-state index in [0.717, 1.165) is 11.1 Å². The molecule has 0 heterocycles. The Labute approximate surface area is 157 Å². The lowest BCUT2D eigenvalue weighted by molar-refractivity contribution is -0.121. The van der Waals surface area contributed by atoms with Crippen LogP contribution in [-0.2, 0) is 10.3 Å². The van der Waals surface area contributed by atoms with Gasteiger partial charge in [-0.1, -0.05) is 41.4 Å². The van der Waals surface area contributed by atoms with Crippen LogP contribution < -0.4 is 10.6 Å². The minimum atomic E-state index is -0.454. The lowest BCUT2D eigenvalue weighted by Gasteiger charge is -2.27. The van der Waals surface area contributed by atoms with Crippen molar-refractivity contribution in [2.24, 2.45) is 0 Å². The van der Waals surface area contributed by atoms with Gasteiger partial charge in [0.25, 0.3) is 0 Å². The Hall–Kier alpha value is -1.62. The molecule has 0 saturated heterocycles. The first-order chi connectivity index (χ1) is 11.7. The van der Waals surface area contributed by atoms with Gasteiger partial charge in [-0.25, -0.2) is 4.39 Å². The fourth-order valence-electron chi connectivity index (χ4n) is 2.42. The van der Waals surface area contributed by atoms with Crippen molar-refractivity contribution < 1.29 is 9.18 Å². The maximum atomic E-state index is 13.0. The molecule has 0 bridgehead atoms. The number of hydrogen-bond donors (Lipinski definition) is 2. The van der Waals surface area contributed by atoms with Crippen LogP contribution in [0.5, 0.6) is 0 Å². The molecule has 0 aromatic heterocycles. The van der Waals surface area contributed by atoms with Crippen LogP contribution in [0.4, 0.5) is 4.39 Å². The van der Waals surface area contributed by atoms with Gasteiger partial charge in [-0.2, -0.15) is 0 Å². The Morgan fingerprint density at radius 3 is 2.36 bits per heavy atom. The van der Waals surface area contributed by atoms with Crippen molar-refractivity contribution in [3.05, 3.63) is 69.5 Å². The zero-order chi connectivity index (χ0) is 18.6. The third kappa shape index (κ3) is 5.43. The lowest BCUT2D eigenvalue weighted by Crippen LogP contribution is -2.43. The zero-order valence-corrected chi connectivity index (χ0v) is 15.9. The Kier molecular flexibility index (Phi) is 6.44. The number of amides is 1. The van der Waals surface area contributed by atoms with Crippen LogP contribution >= 0.6 is 23.2 Å². The van der Waals surface area contributed by atoms with Crippen molar-refractivity contribution in [1.29, 1.82) is 0 Å². The van der Waals surface area contributed by atoms with Gasteiger partial charge in [0.1, 0.15) is 5.82 Å². The first-order valence-corrected chi connectivity index (χ1v) is 8.70. The molecule has 6 heteroatoms. The number of carbonyl (C=O) groups is 1. The van der Waals surface area contributed by atoms with Gasteiger partial charge in [-0.3, -0.25) is 10.1 Å². The summed E-state index contributed by atoms with van der Waals surface area (Å²) in [5.41, 5.74) is 1.32. The van der Waals surface area contributed by atoms with Crippen LogP contribution in [0.15, 0.2) is 42.5 Å². The van der Waals surface area contributed by atoms with Gasteiger partial charge >= 0.3 is 0 Å². The highest BCUT2D eigenvalue weighted by molar-refractivity contribution is 6.42. The molecule has 2 N–H and O–H groups in total. The molecule has 0 fully saturated rings. The van der Waals surface area contributed by atoms with Crippen molar-refractivity contribution in [2.45, 2.75) is 32.4 Å². The maximum Gasteiger partial charge on any atom is 0.234 e. The molecule has 134 valence electrons. The van der Waals surface area contributed by atoms with E-state index in [1.165, 1.54) is 12.1 Å². The molecule has 2 rings (SSSR count). The smallest absolute Gasteiger partial charge is 0.234 e. The summed E-state index contributed by atoms with van der Waals surface area (Å²) >= 11 is 12.0. The predicted octanol–water partition coefficient (Wildman–Crippen LogP) is 4.83. The minimum Gasteiger partial charge on any atom is -0.348 e. The molecule has 1 amide bonds. The summed E-state index contributed by atoms with van der Waals surface area (Å²) in [7, 11) is 0. The highest BCUT2D eigenvalue weighted by Crippen LogP contribution is 2.28. The standard InChI is InChI=1S/C19H21Cl2FN2O/c1-12(13-4-7-15(22)8-5-13)24-18(25)11-23-19(2,3)14-6-9-16(20)17(21)10-14/h4-10,12,23H,11H2,1-3H3,(H,24,25). The van der Waals surface area contributed by atoms with E-state index in [2.05, 4.69) is 10.6 Å². The second kappa shape index (κ2) is 8.17. The largest absolute Gasteiger partial charge is 0.348 e. The number of rotatable bonds is 6. The van der Waals surface area contributed by atoms with Crippen LogP contribution in [-0.4, -0.2) is 12.5 Å².